The average Bonchev–Trinajstić information content (AvgIpc) is 3.28. The third kappa shape index (κ3) is 4.99. The number of hydrogen-bond acceptors (Lipinski definition) is 3. The highest BCUT2D eigenvalue weighted by molar-refractivity contribution is 7.13. The molecule has 0 aromatic carbocycles. The Hall–Kier alpha value is -0.580. The molecule has 0 saturated heterocycles. The normalized spacial score (nSPS) is 30.2. The SMILES string of the molecule is O=C(O)c1ccc(CCC[C@@H]2[C@@H](CCC3CCCC3)[C@H](O)C[C@@H]2Cl)s1. The molecule has 140 valence electrons. The Morgan fingerprint density at radius 1 is 1.16 bits per heavy atom. The van der Waals surface area contributed by atoms with E-state index in [2.05, 4.69) is 0 Å². The number of halogens is 1. The lowest BCUT2D eigenvalue weighted by molar-refractivity contribution is 0.0702. The van der Waals surface area contributed by atoms with Crippen LogP contribution in [0.3, 0.4) is 0 Å². The zero-order valence-corrected chi connectivity index (χ0v) is 16.3. The zero-order chi connectivity index (χ0) is 17.8. The number of carboxylic acids is 1. The smallest absolute Gasteiger partial charge is 0.345 e. The summed E-state index contributed by atoms with van der Waals surface area (Å²) >= 11 is 7.93. The monoisotopic (exact) mass is 384 g/mol. The Morgan fingerprint density at radius 3 is 2.60 bits per heavy atom. The highest BCUT2D eigenvalue weighted by Crippen LogP contribution is 2.43. The number of hydrogen-bond donors (Lipinski definition) is 2. The number of carbonyl (C=O) groups is 1. The molecule has 2 saturated carbocycles. The van der Waals surface area contributed by atoms with Crippen LogP contribution in [-0.4, -0.2) is 27.7 Å². The summed E-state index contributed by atoms with van der Waals surface area (Å²) in [5, 5.41) is 19.5. The van der Waals surface area contributed by atoms with E-state index in [1.54, 1.807) is 6.07 Å². The quantitative estimate of drug-likeness (QED) is 0.594. The van der Waals surface area contributed by atoms with E-state index in [-0.39, 0.29) is 11.5 Å². The average molecular weight is 385 g/mol. The molecule has 5 heteroatoms. The maximum Gasteiger partial charge on any atom is 0.345 e. The molecule has 3 rings (SSSR count). The molecule has 0 amide bonds. The van der Waals surface area contributed by atoms with Crippen LogP contribution in [-0.2, 0) is 6.42 Å². The predicted octanol–water partition coefficient (Wildman–Crippen LogP) is 5.34. The fourth-order valence-corrected chi connectivity index (χ4v) is 6.19. The number of alkyl halides is 1. The van der Waals surface area contributed by atoms with Crippen molar-refractivity contribution in [2.75, 3.05) is 0 Å². The lowest BCUT2D eigenvalue weighted by Gasteiger charge is -2.24. The number of aromatic carboxylic acids is 1. The maximum atomic E-state index is 11.0. The van der Waals surface area contributed by atoms with Gasteiger partial charge in [0.2, 0.25) is 0 Å². The second kappa shape index (κ2) is 8.88. The topological polar surface area (TPSA) is 57.5 Å². The fourth-order valence-electron chi connectivity index (χ4n) is 4.80. The van der Waals surface area contributed by atoms with Gasteiger partial charge in [0.25, 0.3) is 0 Å². The lowest BCUT2D eigenvalue weighted by Crippen LogP contribution is -2.21. The summed E-state index contributed by atoms with van der Waals surface area (Å²) in [5.74, 6) is 0.767. The summed E-state index contributed by atoms with van der Waals surface area (Å²) in [5.41, 5.74) is 0. The molecule has 0 aliphatic heterocycles. The molecule has 1 aromatic heterocycles. The van der Waals surface area contributed by atoms with Crippen molar-refractivity contribution in [1.82, 2.24) is 0 Å². The van der Waals surface area contributed by atoms with E-state index >= 15 is 0 Å². The maximum absolute atomic E-state index is 11.0. The Kier molecular flexibility index (Phi) is 6.81. The Labute approximate surface area is 159 Å². The molecule has 3 nitrogen and oxygen atoms in total. The van der Waals surface area contributed by atoms with Gasteiger partial charge in [0.1, 0.15) is 4.88 Å². The van der Waals surface area contributed by atoms with Gasteiger partial charge in [0.15, 0.2) is 0 Å². The van der Waals surface area contributed by atoms with Crippen LogP contribution >= 0.6 is 22.9 Å². The van der Waals surface area contributed by atoms with Crippen molar-refractivity contribution in [3.63, 3.8) is 0 Å². The van der Waals surface area contributed by atoms with Crippen LogP contribution in [0.1, 0.15) is 72.3 Å². The van der Waals surface area contributed by atoms with Gasteiger partial charge >= 0.3 is 5.97 Å². The summed E-state index contributed by atoms with van der Waals surface area (Å²) in [7, 11) is 0. The molecule has 1 heterocycles. The first-order valence-electron chi connectivity index (χ1n) is 9.68. The second-order valence-electron chi connectivity index (χ2n) is 7.84. The van der Waals surface area contributed by atoms with E-state index in [1.165, 1.54) is 43.4 Å². The van der Waals surface area contributed by atoms with E-state index in [9.17, 15) is 9.90 Å². The van der Waals surface area contributed by atoms with Crippen molar-refractivity contribution in [3.8, 4) is 0 Å². The fraction of sp³-hybridized carbons (Fsp3) is 0.750. The van der Waals surface area contributed by atoms with Crippen LogP contribution in [0.2, 0.25) is 0 Å². The van der Waals surface area contributed by atoms with Crippen LogP contribution < -0.4 is 0 Å². The van der Waals surface area contributed by atoms with Gasteiger partial charge < -0.3 is 10.2 Å². The van der Waals surface area contributed by atoms with Gasteiger partial charge in [-0.15, -0.1) is 22.9 Å². The highest BCUT2D eigenvalue weighted by Gasteiger charge is 2.40. The molecule has 1 aromatic rings. The molecule has 4 atom stereocenters. The van der Waals surface area contributed by atoms with Crippen LogP contribution in [0.4, 0.5) is 0 Å². The van der Waals surface area contributed by atoms with Crippen LogP contribution in [0, 0.1) is 17.8 Å². The number of aliphatic hydroxyl groups excluding tert-OH is 1. The summed E-state index contributed by atoms with van der Waals surface area (Å²) in [4.78, 5) is 12.5. The highest BCUT2D eigenvalue weighted by atomic mass is 35.5. The summed E-state index contributed by atoms with van der Waals surface area (Å²) in [6.45, 7) is 0. The number of thiophene rings is 1. The molecule has 25 heavy (non-hydrogen) atoms. The van der Waals surface area contributed by atoms with Crippen molar-refractivity contribution in [3.05, 3.63) is 21.9 Å². The molecular weight excluding hydrogens is 356 g/mol. The number of aliphatic hydroxyl groups is 1. The van der Waals surface area contributed by atoms with Crippen molar-refractivity contribution >= 4 is 28.9 Å². The molecule has 0 radical (unpaired) electrons. The lowest BCUT2D eigenvalue weighted by atomic mass is 9.84. The zero-order valence-electron chi connectivity index (χ0n) is 14.7. The molecule has 0 unspecified atom stereocenters. The van der Waals surface area contributed by atoms with Crippen molar-refractivity contribution in [1.29, 1.82) is 0 Å². The minimum absolute atomic E-state index is 0.0847. The molecule has 2 aliphatic carbocycles. The minimum atomic E-state index is -0.844. The van der Waals surface area contributed by atoms with E-state index < -0.39 is 5.97 Å². The molecule has 0 spiro atoms. The molecule has 0 bridgehead atoms. The first kappa shape index (κ1) is 19.2. The number of aryl methyl sites for hydroxylation is 1. The summed E-state index contributed by atoms with van der Waals surface area (Å²) in [6.07, 6.45) is 11.3. The first-order valence-corrected chi connectivity index (χ1v) is 10.9. The van der Waals surface area contributed by atoms with Crippen molar-refractivity contribution in [2.45, 2.75) is 75.7 Å². The van der Waals surface area contributed by atoms with Gasteiger partial charge in [-0.1, -0.05) is 32.1 Å². The van der Waals surface area contributed by atoms with E-state index in [4.69, 9.17) is 16.7 Å². The van der Waals surface area contributed by atoms with Gasteiger partial charge in [-0.25, -0.2) is 4.79 Å². The van der Waals surface area contributed by atoms with E-state index in [0.29, 0.717) is 16.7 Å². The van der Waals surface area contributed by atoms with E-state index in [0.717, 1.165) is 42.9 Å². The Balaban J connectivity index is 1.48. The van der Waals surface area contributed by atoms with Gasteiger partial charge in [0.05, 0.1) is 6.10 Å². The molecule has 2 aliphatic rings. The van der Waals surface area contributed by atoms with Crippen LogP contribution in [0.15, 0.2) is 12.1 Å². The van der Waals surface area contributed by atoms with Crippen LogP contribution in [0.25, 0.3) is 0 Å². The summed E-state index contributed by atoms with van der Waals surface area (Å²) < 4.78 is 0. The molecule has 2 N–H and O–H groups in total. The second-order valence-corrected chi connectivity index (χ2v) is 9.57. The largest absolute Gasteiger partial charge is 0.477 e. The van der Waals surface area contributed by atoms with Crippen molar-refractivity contribution < 1.29 is 15.0 Å². The van der Waals surface area contributed by atoms with Gasteiger partial charge in [0, 0.05) is 10.3 Å². The van der Waals surface area contributed by atoms with Gasteiger partial charge in [-0.3, -0.25) is 0 Å². The predicted molar refractivity (Wildman–Crippen MR) is 103 cm³/mol. The summed E-state index contributed by atoms with van der Waals surface area (Å²) in [6, 6.07) is 3.61. The number of carboxylic acid groups (broad SMARTS) is 1. The molecular formula is C20H29ClO3S. The minimum Gasteiger partial charge on any atom is -0.477 e. The Morgan fingerprint density at radius 2 is 1.92 bits per heavy atom. The molecule has 2 fully saturated rings. The number of rotatable bonds is 8. The third-order valence-electron chi connectivity index (χ3n) is 6.19. The van der Waals surface area contributed by atoms with Crippen molar-refractivity contribution in [2.24, 2.45) is 17.8 Å². The first-order chi connectivity index (χ1) is 12.0. The van der Waals surface area contributed by atoms with Gasteiger partial charge in [-0.05, 0) is 62.0 Å². The standard InChI is InChI=1S/C20H29ClO3S/c21-17-12-18(22)16(10-8-13-4-1-2-5-13)15(17)7-3-6-14-9-11-19(25-14)20(23)24/h9,11,13,15-18,22H,1-8,10,12H2,(H,23,24)/t15-,16-,17+,18-/m1/s1. The van der Waals surface area contributed by atoms with E-state index in [1.807, 2.05) is 6.07 Å². The van der Waals surface area contributed by atoms with Gasteiger partial charge in [-0.2, -0.15) is 0 Å². The third-order valence-corrected chi connectivity index (χ3v) is 7.83. The Bertz CT molecular complexity index is 567. The van der Waals surface area contributed by atoms with Crippen LogP contribution in [0.5, 0.6) is 0 Å².